The van der Waals surface area contributed by atoms with Crippen LogP contribution in [0.4, 0.5) is 11.5 Å². The van der Waals surface area contributed by atoms with Crippen LogP contribution in [0.25, 0.3) is 0 Å². The first-order chi connectivity index (χ1) is 7.65. The quantitative estimate of drug-likeness (QED) is 0.806. The number of pyridine rings is 1. The second-order valence-electron chi connectivity index (χ2n) is 3.44. The van der Waals surface area contributed by atoms with E-state index in [9.17, 15) is 0 Å². The molecule has 0 bridgehead atoms. The Bertz CT molecular complexity index is 496. The fourth-order valence-electron chi connectivity index (χ4n) is 1.34. The van der Waals surface area contributed by atoms with E-state index in [1.807, 2.05) is 19.1 Å². The molecule has 0 amide bonds. The number of nitrogens with one attached hydrogen (secondary N) is 1. The SMILES string of the molecule is Cc1ccc(CNc2nc(Cl)ccc2N)o1. The van der Waals surface area contributed by atoms with Crippen molar-refractivity contribution in [3.8, 4) is 0 Å². The van der Waals surface area contributed by atoms with Crippen LogP contribution in [-0.4, -0.2) is 4.98 Å². The van der Waals surface area contributed by atoms with E-state index >= 15 is 0 Å². The highest BCUT2D eigenvalue weighted by Gasteiger charge is 2.03. The maximum absolute atomic E-state index is 5.77. The van der Waals surface area contributed by atoms with Gasteiger partial charge in [0.25, 0.3) is 0 Å². The molecule has 5 heteroatoms. The number of furan rings is 1. The molecule has 84 valence electrons. The summed E-state index contributed by atoms with van der Waals surface area (Å²) >= 11 is 5.77. The number of aromatic nitrogens is 1. The van der Waals surface area contributed by atoms with E-state index in [2.05, 4.69) is 10.3 Å². The lowest BCUT2D eigenvalue weighted by Gasteiger charge is -2.06. The molecule has 4 nitrogen and oxygen atoms in total. The standard InChI is InChI=1S/C11H12ClN3O/c1-7-2-3-8(16-7)6-14-11-9(13)4-5-10(12)15-11/h2-5H,6,13H2,1H3,(H,14,15). The van der Waals surface area contributed by atoms with Crippen LogP contribution < -0.4 is 11.1 Å². The second kappa shape index (κ2) is 4.45. The number of nitrogens with zero attached hydrogens (tertiary/aromatic N) is 1. The molecule has 0 spiro atoms. The van der Waals surface area contributed by atoms with Crippen molar-refractivity contribution in [3.05, 3.63) is 40.9 Å². The van der Waals surface area contributed by atoms with Crippen LogP contribution in [0.1, 0.15) is 11.5 Å². The predicted octanol–water partition coefficient (Wildman–Crippen LogP) is 2.83. The Morgan fingerprint density at radius 2 is 2.19 bits per heavy atom. The van der Waals surface area contributed by atoms with Crippen LogP contribution in [-0.2, 0) is 6.54 Å². The summed E-state index contributed by atoms with van der Waals surface area (Å²) in [5.74, 6) is 2.28. The van der Waals surface area contributed by atoms with Crippen molar-refractivity contribution >= 4 is 23.1 Å². The summed E-state index contributed by atoms with van der Waals surface area (Å²) in [6, 6.07) is 7.18. The average molecular weight is 238 g/mol. The van der Waals surface area contributed by atoms with Gasteiger partial charge in [-0.25, -0.2) is 4.98 Å². The number of halogens is 1. The van der Waals surface area contributed by atoms with Crippen LogP contribution in [0.2, 0.25) is 5.15 Å². The Hall–Kier alpha value is -1.68. The van der Waals surface area contributed by atoms with Crippen molar-refractivity contribution in [2.75, 3.05) is 11.1 Å². The highest BCUT2D eigenvalue weighted by atomic mass is 35.5. The van der Waals surface area contributed by atoms with Crippen LogP contribution in [0.15, 0.2) is 28.7 Å². The van der Waals surface area contributed by atoms with Gasteiger partial charge in [-0.1, -0.05) is 11.6 Å². The van der Waals surface area contributed by atoms with E-state index in [0.717, 1.165) is 11.5 Å². The van der Waals surface area contributed by atoms with Crippen LogP contribution in [0.5, 0.6) is 0 Å². The topological polar surface area (TPSA) is 64.1 Å². The zero-order valence-electron chi connectivity index (χ0n) is 8.83. The van der Waals surface area contributed by atoms with Gasteiger partial charge in [-0.15, -0.1) is 0 Å². The lowest BCUT2D eigenvalue weighted by molar-refractivity contribution is 0.490. The molecule has 0 aliphatic heterocycles. The smallest absolute Gasteiger partial charge is 0.151 e. The van der Waals surface area contributed by atoms with Gasteiger partial charge in [0.15, 0.2) is 5.82 Å². The Morgan fingerprint density at radius 3 is 2.88 bits per heavy atom. The van der Waals surface area contributed by atoms with Gasteiger partial charge in [-0.05, 0) is 31.2 Å². The van der Waals surface area contributed by atoms with Crippen molar-refractivity contribution in [1.82, 2.24) is 4.98 Å². The molecule has 0 aliphatic carbocycles. The molecule has 2 aromatic heterocycles. The van der Waals surface area contributed by atoms with E-state index in [1.165, 1.54) is 0 Å². The van der Waals surface area contributed by atoms with Crippen LogP contribution in [0, 0.1) is 6.92 Å². The lowest BCUT2D eigenvalue weighted by atomic mass is 10.3. The first-order valence-electron chi connectivity index (χ1n) is 4.86. The number of hydrogen-bond donors (Lipinski definition) is 2. The predicted molar refractivity (Wildman–Crippen MR) is 64.4 cm³/mol. The Balaban J connectivity index is 2.07. The molecule has 0 saturated carbocycles. The minimum absolute atomic E-state index is 0.410. The van der Waals surface area contributed by atoms with Crippen molar-refractivity contribution in [2.45, 2.75) is 13.5 Å². The number of aryl methyl sites for hydroxylation is 1. The molecular weight excluding hydrogens is 226 g/mol. The normalized spacial score (nSPS) is 10.4. The first-order valence-corrected chi connectivity index (χ1v) is 5.24. The number of nitrogens with two attached hydrogens (primary N) is 1. The first kappa shape index (κ1) is 10.8. The molecule has 0 unspecified atom stereocenters. The van der Waals surface area contributed by atoms with Gasteiger partial charge in [0.1, 0.15) is 16.7 Å². The molecule has 2 rings (SSSR count). The maximum Gasteiger partial charge on any atom is 0.151 e. The van der Waals surface area contributed by atoms with Crippen molar-refractivity contribution in [3.63, 3.8) is 0 Å². The number of rotatable bonds is 3. The number of nitrogen functional groups attached to an aromatic ring is 1. The van der Waals surface area contributed by atoms with Gasteiger partial charge in [-0.3, -0.25) is 0 Å². The zero-order chi connectivity index (χ0) is 11.5. The zero-order valence-corrected chi connectivity index (χ0v) is 9.58. The summed E-state index contributed by atoms with van der Waals surface area (Å²) in [6.45, 7) is 2.43. The molecule has 0 saturated heterocycles. The van der Waals surface area contributed by atoms with Crippen molar-refractivity contribution < 1.29 is 4.42 Å². The van der Waals surface area contributed by atoms with Gasteiger partial charge in [-0.2, -0.15) is 0 Å². The molecule has 2 aromatic rings. The van der Waals surface area contributed by atoms with Gasteiger partial charge < -0.3 is 15.5 Å². The molecule has 2 heterocycles. The third-order valence-electron chi connectivity index (χ3n) is 2.12. The molecule has 0 atom stereocenters. The van der Waals surface area contributed by atoms with Gasteiger partial charge in [0.2, 0.25) is 0 Å². The Labute approximate surface area is 98.4 Å². The minimum atomic E-state index is 0.410. The van der Waals surface area contributed by atoms with Crippen LogP contribution >= 0.6 is 11.6 Å². The van der Waals surface area contributed by atoms with Crippen molar-refractivity contribution in [2.24, 2.45) is 0 Å². The number of hydrogen-bond acceptors (Lipinski definition) is 4. The van der Waals surface area contributed by atoms with E-state index in [0.29, 0.717) is 23.2 Å². The molecule has 0 aromatic carbocycles. The van der Waals surface area contributed by atoms with Crippen molar-refractivity contribution in [1.29, 1.82) is 0 Å². The fraction of sp³-hybridized carbons (Fsp3) is 0.182. The summed E-state index contributed by atoms with van der Waals surface area (Å²) in [6.07, 6.45) is 0. The third-order valence-corrected chi connectivity index (χ3v) is 2.33. The summed E-state index contributed by atoms with van der Waals surface area (Å²) in [7, 11) is 0. The fourth-order valence-corrected chi connectivity index (χ4v) is 1.49. The minimum Gasteiger partial charge on any atom is -0.465 e. The highest BCUT2D eigenvalue weighted by Crippen LogP contribution is 2.19. The van der Waals surface area contributed by atoms with E-state index in [4.69, 9.17) is 21.8 Å². The van der Waals surface area contributed by atoms with Gasteiger partial charge >= 0.3 is 0 Å². The largest absolute Gasteiger partial charge is 0.465 e. The molecular formula is C11H12ClN3O. The Kier molecular flexibility index (Phi) is 3.01. The molecule has 0 radical (unpaired) electrons. The molecule has 0 fully saturated rings. The lowest BCUT2D eigenvalue weighted by Crippen LogP contribution is -2.03. The molecule has 16 heavy (non-hydrogen) atoms. The van der Waals surface area contributed by atoms with E-state index in [1.54, 1.807) is 12.1 Å². The Morgan fingerprint density at radius 1 is 1.38 bits per heavy atom. The maximum atomic E-state index is 5.77. The summed E-state index contributed by atoms with van der Waals surface area (Å²) in [5.41, 5.74) is 6.31. The van der Waals surface area contributed by atoms with Crippen LogP contribution in [0.3, 0.4) is 0 Å². The molecule has 0 aliphatic rings. The summed E-state index contributed by atoms with van der Waals surface area (Å²) in [5, 5.41) is 3.48. The van der Waals surface area contributed by atoms with Gasteiger partial charge in [0, 0.05) is 0 Å². The third kappa shape index (κ3) is 2.46. The number of anilines is 2. The average Bonchev–Trinajstić information content (AvgIpc) is 2.66. The molecule has 3 N–H and O–H groups in total. The second-order valence-corrected chi connectivity index (χ2v) is 3.82. The monoisotopic (exact) mass is 237 g/mol. The van der Waals surface area contributed by atoms with E-state index < -0.39 is 0 Å². The summed E-state index contributed by atoms with van der Waals surface area (Å²) in [4.78, 5) is 4.08. The van der Waals surface area contributed by atoms with Gasteiger partial charge in [0.05, 0.1) is 12.2 Å². The van der Waals surface area contributed by atoms with E-state index in [-0.39, 0.29) is 0 Å². The summed E-state index contributed by atoms with van der Waals surface area (Å²) < 4.78 is 5.41. The highest BCUT2D eigenvalue weighted by molar-refractivity contribution is 6.29.